The van der Waals surface area contributed by atoms with Crippen molar-refractivity contribution in [1.82, 2.24) is 9.80 Å². The fraction of sp³-hybridized carbons (Fsp3) is 0.945. The number of carbonyl (C=O) groups excluding carboxylic acids is 3. The van der Waals surface area contributed by atoms with E-state index in [9.17, 15) is 19.5 Å². The first-order valence-corrected chi connectivity index (χ1v) is 28.0. The molecule has 0 fully saturated rings. The third-order valence-electron chi connectivity index (χ3n) is 12.8. The van der Waals surface area contributed by atoms with E-state index in [1.54, 1.807) is 0 Å². The lowest BCUT2D eigenvalue weighted by atomic mass is 10.1. The highest BCUT2D eigenvalue weighted by molar-refractivity contribution is 5.70. The fourth-order valence-electron chi connectivity index (χ4n) is 8.46. The van der Waals surface area contributed by atoms with Gasteiger partial charge in [0, 0.05) is 26.2 Å². The zero-order valence-electron chi connectivity index (χ0n) is 42.9. The highest BCUT2D eigenvalue weighted by Crippen LogP contribution is 2.14. The number of ether oxygens (including phenoxy) is 3. The Kier molecular flexibility index (Phi) is 50.9. The number of hydrogen-bond donors (Lipinski definition) is 1. The van der Waals surface area contributed by atoms with Crippen LogP contribution in [0, 0.1) is 0 Å². The van der Waals surface area contributed by atoms with Crippen molar-refractivity contribution in [2.75, 3.05) is 65.7 Å². The minimum absolute atomic E-state index is 0.140. The van der Waals surface area contributed by atoms with E-state index in [0.717, 1.165) is 77.4 Å². The summed E-state index contributed by atoms with van der Waals surface area (Å²) < 4.78 is 16.8. The van der Waals surface area contributed by atoms with Crippen LogP contribution in [0.5, 0.6) is 0 Å². The molecule has 0 spiro atoms. The Morgan fingerprint density at radius 1 is 0.297 bits per heavy atom. The van der Waals surface area contributed by atoms with Gasteiger partial charge in [0.1, 0.15) is 0 Å². The second kappa shape index (κ2) is 52.3. The monoisotopic (exact) mass is 909 g/mol. The van der Waals surface area contributed by atoms with Gasteiger partial charge in [-0.1, -0.05) is 213 Å². The van der Waals surface area contributed by atoms with Gasteiger partial charge in [-0.2, -0.15) is 0 Å². The van der Waals surface area contributed by atoms with Crippen molar-refractivity contribution in [2.45, 2.75) is 271 Å². The van der Waals surface area contributed by atoms with Gasteiger partial charge in [0.25, 0.3) is 0 Å². The molecule has 0 radical (unpaired) electrons. The summed E-state index contributed by atoms with van der Waals surface area (Å²) in [6.07, 6.45) is 45.1. The summed E-state index contributed by atoms with van der Waals surface area (Å²) in [5.74, 6) is -0.485. The Bertz CT molecular complexity index is 938. The highest BCUT2D eigenvalue weighted by Gasteiger charge is 2.15. The lowest BCUT2D eigenvalue weighted by Crippen LogP contribution is -2.34. The van der Waals surface area contributed by atoms with Gasteiger partial charge in [0.05, 0.1) is 39.1 Å². The molecule has 0 saturated heterocycles. The molecule has 0 aliphatic rings. The van der Waals surface area contributed by atoms with Gasteiger partial charge in [-0.25, -0.2) is 0 Å². The van der Waals surface area contributed by atoms with E-state index in [-0.39, 0.29) is 24.5 Å². The zero-order valence-corrected chi connectivity index (χ0v) is 42.9. The number of hydrogen-bond acceptors (Lipinski definition) is 9. The Balaban J connectivity index is 4.71. The predicted molar refractivity (Wildman–Crippen MR) is 270 cm³/mol. The quantitative estimate of drug-likeness (QED) is 0.0363. The van der Waals surface area contributed by atoms with E-state index in [1.165, 1.54) is 173 Å². The number of carbonyl (C=O) groups is 3. The molecule has 0 aromatic heterocycles. The Morgan fingerprint density at radius 3 is 0.797 bits per heavy atom. The molecule has 0 aromatic carbocycles. The summed E-state index contributed by atoms with van der Waals surface area (Å²) >= 11 is 0. The van der Waals surface area contributed by atoms with E-state index < -0.39 is 0 Å². The molecule has 0 aromatic rings. The lowest BCUT2D eigenvalue weighted by Gasteiger charge is -2.25. The molecule has 0 rings (SSSR count). The first-order valence-electron chi connectivity index (χ1n) is 28.0. The van der Waals surface area contributed by atoms with Gasteiger partial charge in [-0.15, -0.1) is 0 Å². The molecule has 0 amide bonds. The first-order chi connectivity index (χ1) is 31.5. The highest BCUT2D eigenvalue weighted by atomic mass is 16.5. The maximum Gasteiger partial charge on any atom is 0.307 e. The number of esters is 3. The molecule has 0 saturated carbocycles. The van der Waals surface area contributed by atoms with Crippen molar-refractivity contribution in [3.05, 3.63) is 0 Å². The normalized spacial score (nSPS) is 11.5. The van der Waals surface area contributed by atoms with Crippen molar-refractivity contribution in [3.63, 3.8) is 0 Å². The number of nitrogens with zero attached hydrogens (tertiary/aromatic N) is 2. The minimum Gasteiger partial charge on any atom is -0.466 e. The summed E-state index contributed by atoms with van der Waals surface area (Å²) in [6, 6.07) is 0. The second-order valence-corrected chi connectivity index (χ2v) is 19.0. The van der Waals surface area contributed by atoms with Gasteiger partial charge in [-0.3, -0.25) is 14.4 Å². The van der Waals surface area contributed by atoms with Crippen LogP contribution in [0.3, 0.4) is 0 Å². The number of unbranched alkanes of at least 4 members (excludes halogenated alkanes) is 31. The summed E-state index contributed by atoms with van der Waals surface area (Å²) in [5, 5.41) is 9.42. The molecule has 9 heteroatoms. The topological polar surface area (TPSA) is 106 Å². The largest absolute Gasteiger partial charge is 0.466 e. The van der Waals surface area contributed by atoms with Gasteiger partial charge >= 0.3 is 17.9 Å². The third-order valence-corrected chi connectivity index (χ3v) is 12.8. The van der Waals surface area contributed by atoms with Crippen molar-refractivity contribution < 1.29 is 33.7 Å². The van der Waals surface area contributed by atoms with E-state index in [0.29, 0.717) is 58.7 Å². The lowest BCUT2D eigenvalue weighted by molar-refractivity contribution is -0.145. The smallest absolute Gasteiger partial charge is 0.307 e. The van der Waals surface area contributed by atoms with E-state index in [4.69, 9.17) is 14.2 Å². The third kappa shape index (κ3) is 48.2. The van der Waals surface area contributed by atoms with Crippen LogP contribution >= 0.6 is 0 Å². The van der Waals surface area contributed by atoms with Crippen molar-refractivity contribution in [3.8, 4) is 0 Å². The summed E-state index contributed by atoms with van der Waals surface area (Å²) in [4.78, 5) is 42.7. The van der Waals surface area contributed by atoms with E-state index in [1.807, 2.05) is 0 Å². The SMILES string of the molecule is CCCCCCCCCCCCCOC(=O)CCN(CCCCO)CCCN(CCC(=O)OCCCCCCCCCCCCC)CCC(=O)OCCCCCCCCCCCCC. The molecule has 64 heavy (non-hydrogen) atoms. The molecule has 0 aliphatic carbocycles. The summed E-state index contributed by atoms with van der Waals surface area (Å²) in [5.41, 5.74) is 0. The van der Waals surface area contributed by atoms with Gasteiger partial charge in [-0.05, 0) is 58.2 Å². The zero-order chi connectivity index (χ0) is 46.7. The van der Waals surface area contributed by atoms with Gasteiger partial charge < -0.3 is 29.1 Å². The molecule has 0 unspecified atom stereocenters. The van der Waals surface area contributed by atoms with Crippen LogP contribution in [-0.4, -0.2) is 98.5 Å². The standard InChI is InChI=1S/C55H108N2O7/c1-4-7-10-13-16-19-22-25-28-31-36-50-62-53(59)40-46-56(43-34-35-49-58)44-39-45-57(47-41-54(60)63-51-37-32-29-26-23-20-17-14-11-8-5-2)48-42-55(61)64-52-38-33-30-27-24-21-18-15-12-9-6-3/h58H,4-52H2,1-3H3. The molecule has 380 valence electrons. The van der Waals surface area contributed by atoms with Crippen molar-refractivity contribution >= 4 is 17.9 Å². The van der Waals surface area contributed by atoms with Crippen LogP contribution in [-0.2, 0) is 28.6 Å². The maximum absolute atomic E-state index is 12.8. The molecule has 0 heterocycles. The molecular weight excluding hydrogens is 801 g/mol. The Morgan fingerprint density at radius 2 is 0.531 bits per heavy atom. The number of aliphatic hydroxyl groups is 1. The van der Waals surface area contributed by atoms with Crippen molar-refractivity contribution in [2.24, 2.45) is 0 Å². The maximum atomic E-state index is 12.8. The number of rotatable bonds is 53. The average Bonchev–Trinajstić information content (AvgIpc) is 3.29. The van der Waals surface area contributed by atoms with Crippen LogP contribution in [0.25, 0.3) is 0 Å². The van der Waals surface area contributed by atoms with Crippen molar-refractivity contribution in [1.29, 1.82) is 0 Å². The Hall–Kier alpha value is -1.71. The molecule has 9 nitrogen and oxygen atoms in total. The predicted octanol–water partition coefficient (Wildman–Crippen LogP) is 14.5. The summed E-state index contributed by atoms with van der Waals surface area (Å²) in [6.45, 7) is 12.4. The molecule has 0 aliphatic heterocycles. The molecule has 0 bridgehead atoms. The van der Waals surface area contributed by atoms with Crippen LogP contribution in [0.15, 0.2) is 0 Å². The first kappa shape index (κ1) is 62.3. The van der Waals surface area contributed by atoms with Crippen LogP contribution in [0.1, 0.15) is 271 Å². The second-order valence-electron chi connectivity index (χ2n) is 19.0. The summed E-state index contributed by atoms with van der Waals surface area (Å²) in [7, 11) is 0. The average molecular weight is 909 g/mol. The Labute approximate surface area is 397 Å². The fourth-order valence-corrected chi connectivity index (χ4v) is 8.46. The molecule has 0 atom stereocenters. The van der Waals surface area contributed by atoms with Crippen LogP contribution in [0.4, 0.5) is 0 Å². The van der Waals surface area contributed by atoms with Gasteiger partial charge in [0.15, 0.2) is 0 Å². The van der Waals surface area contributed by atoms with Crippen LogP contribution in [0.2, 0.25) is 0 Å². The minimum atomic E-state index is -0.173. The van der Waals surface area contributed by atoms with Gasteiger partial charge in [0.2, 0.25) is 0 Å². The van der Waals surface area contributed by atoms with E-state index >= 15 is 0 Å². The number of aliphatic hydroxyl groups excluding tert-OH is 1. The van der Waals surface area contributed by atoms with Crippen LogP contribution < -0.4 is 0 Å². The molecule has 1 N–H and O–H groups in total. The molecular formula is C55H108N2O7. The van der Waals surface area contributed by atoms with E-state index in [2.05, 4.69) is 30.6 Å².